The van der Waals surface area contributed by atoms with Crippen LogP contribution in [0.1, 0.15) is 5.56 Å². The zero-order chi connectivity index (χ0) is 10.1. The van der Waals surface area contributed by atoms with E-state index in [4.69, 9.17) is 0 Å². The Morgan fingerprint density at radius 3 is 2.57 bits per heavy atom. The van der Waals surface area contributed by atoms with Gasteiger partial charge in [-0.15, -0.1) is 0 Å². The SMILES string of the molecule is Cc1ccccc1-c1c(Br)ncn1C. The van der Waals surface area contributed by atoms with Gasteiger partial charge in [-0.3, -0.25) is 0 Å². The van der Waals surface area contributed by atoms with Gasteiger partial charge in [0.25, 0.3) is 0 Å². The molecule has 0 aliphatic carbocycles. The third kappa shape index (κ3) is 1.48. The summed E-state index contributed by atoms with van der Waals surface area (Å²) >= 11 is 3.46. The van der Waals surface area contributed by atoms with Crippen molar-refractivity contribution in [2.75, 3.05) is 0 Å². The van der Waals surface area contributed by atoms with E-state index in [2.05, 4.69) is 40.0 Å². The van der Waals surface area contributed by atoms with E-state index in [9.17, 15) is 0 Å². The summed E-state index contributed by atoms with van der Waals surface area (Å²) in [6.07, 6.45) is 1.81. The number of hydrogen-bond donors (Lipinski definition) is 0. The van der Waals surface area contributed by atoms with E-state index in [-0.39, 0.29) is 0 Å². The Morgan fingerprint density at radius 1 is 1.29 bits per heavy atom. The molecule has 1 aromatic heterocycles. The number of rotatable bonds is 1. The molecular formula is C11H11BrN2. The summed E-state index contributed by atoms with van der Waals surface area (Å²) in [4.78, 5) is 4.21. The van der Waals surface area contributed by atoms with Gasteiger partial charge in [0.15, 0.2) is 0 Å². The van der Waals surface area contributed by atoms with Crippen molar-refractivity contribution in [1.29, 1.82) is 0 Å². The van der Waals surface area contributed by atoms with Crippen LogP contribution in [0, 0.1) is 6.92 Å². The molecule has 0 atom stereocenters. The van der Waals surface area contributed by atoms with Gasteiger partial charge < -0.3 is 4.57 Å². The predicted molar refractivity (Wildman–Crippen MR) is 61.1 cm³/mol. The topological polar surface area (TPSA) is 17.8 Å². The normalized spacial score (nSPS) is 10.5. The molecule has 72 valence electrons. The molecule has 2 aromatic rings. The van der Waals surface area contributed by atoms with Crippen LogP contribution in [0.2, 0.25) is 0 Å². The first-order chi connectivity index (χ1) is 6.70. The van der Waals surface area contributed by atoms with Gasteiger partial charge in [-0.25, -0.2) is 4.98 Å². The lowest BCUT2D eigenvalue weighted by Crippen LogP contribution is -1.91. The molecule has 2 rings (SSSR count). The van der Waals surface area contributed by atoms with Crippen molar-refractivity contribution >= 4 is 15.9 Å². The highest BCUT2D eigenvalue weighted by Gasteiger charge is 2.09. The van der Waals surface area contributed by atoms with Gasteiger partial charge in [0.1, 0.15) is 4.60 Å². The third-order valence-electron chi connectivity index (χ3n) is 2.29. The number of benzene rings is 1. The van der Waals surface area contributed by atoms with Gasteiger partial charge >= 0.3 is 0 Å². The number of aromatic nitrogens is 2. The number of aryl methyl sites for hydroxylation is 2. The highest BCUT2D eigenvalue weighted by atomic mass is 79.9. The zero-order valence-electron chi connectivity index (χ0n) is 8.16. The minimum Gasteiger partial charge on any atom is -0.333 e. The first kappa shape index (κ1) is 9.46. The van der Waals surface area contributed by atoms with E-state index in [0.717, 1.165) is 10.3 Å². The highest BCUT2D eigenvalue weighted by molar-refractivity contribution is 9.10. The predicted octanol–water partition coefficient (Wildman–Crippen LogP) is 3.16. The third-order valence-corrected chi connectivity index (χ3v) is 2.87. The summed E-state index contributed by atoms with van der Waals surface area (Å²) in [5.74, 6) is 0. The molecule has 1 heterocycles. The number of hydrogen-bond acceptors (Lipinski definition) is 1. The van der Waals surface area contributed by atoms with Gasteiger partial charge in [0, 0.05) is 12.6 Å². The van der Waals surface area contributed by atoms with Crippen LogP contribution >= 0.6 is 15.9 Å². The second kappa shape index (κ2) is 3.58. The average molecular weight is 251 g/mol. The molecule has 0 radical (unpaired) electrons. The first-order valence-electron chi connectivity index (χ1n) is 4.43. The van der Waals surface area contributed by atoms with Gasteiger partial charge in [-0.2, -0.15) is 0 Å². The molecule has 0 saturated heterocycles. The number of imidazole rings is 1. The zero-order valence-corrected chi connectivity index (χ0v) is 9.75. The van der Waals surface area contributed by atoms with Crippen molar-refractivity contribution in [2.45, 2.75) is 6.92 Å². The Balaban J connectivity index is 2.66. The van der Waals surface area contributed by atoms with Gasteiger partial charge in [0.05, 0.1) is 12.0 Å². The van der Waals surface area contributed by atoms with Crippen LogP contribution in [0.4, 0.5) is 0 Å². The molecular weight excluding hydrogens is 240 g/mol. The molecule has 0 N–H and O–H groups in total. The van der Waals surface area contributed by atoms with Crippen molar-refractivity contribution in [1.82, 2.24) is 9.55 Å². The summed E-state index contributed by atoms with van der Waals surface area (Å²) in [6, 6.07) is 8.30. The maximum absolute atomic E-state index is 4.21. The monoisotopic (exact) mass is 250 g/mol. The van der Waals surface area contributed by atoms with Crippen LogP contribution in [-0.4, -0.2) is 9.55 Å². The maximum Gasteiger partial charge on any atom is 0.132 e. The van der Waals surface area contributed by atoms with Crippen LogP contribution < -0.4 is 0 Å². The maximum atomic E-state index is 4.21. The van der Waals surface area contributed by atoms with Crippen molar-refractivity contribution < 1.29 is 0 Å². The van der Waals surface area contributed by atoms with Crippen molar-refractivity contribution in [3.8, 4) is 11.3 Å². The van der Waals surface area contributed by atoms with E-state index >= 15 is 0 Å². The Bertz CT molecular complexity index is 441. The Kier molecular flexibility index (Phi) is 2.42. The molecule has 0 fully saturated rings. The Hall–Kier alpha value is -1.09. The molecule has 2 nitrogen and oxygen atoms in total. The molecule has 0 aliphatic heterocycles. The summed E-state index contributed by atoms with van der Waals surface area (Å²) in [6.45, 7) is 2.11. The molecule has 14 heavy (non-hydrogen) atoms. The lowest BCUT2D eigenvalue weighted by Gasteiger charge is -2.06. The average Bonchev–Trinajstić information content (AvgIpc) is 2.48. The number of nitrogens with zero attached hydrogens (tertiary/aromatic N) is 2. The van der Waals surface area contributed by atoms with E-state index in [1.165, 1.54) is 11.1 Å². The lowest BCUT2D eigenvalue weighted by molar-refractivity contribution is 0.920. The minimum absolute atomic E-state index is 0.898. The van der Waals surface area contributed by atoms with E-state index < -0.39 is 0 Å². The fourth-order valence-electron chi connectivity index (χ4n) is 1.54. The molecule has 0 bridgehead atoms. The minimum atomic E-state index is 0.898. The summed E-state index contributed by atoms with van der Waals surface area (Å²) in [7, 11) is 2.00. The molecule has 0 saturated carbocycles. The van der Waals surface area contributed by atoms with Crippen molar-refractivity contribution in [2.24, 2.45) is 7.05 Å². The first-order valence-corrected chi connectivity index (χ1v) is 5.22. The van der Waals surface area contributed by atoms with Crippen LogP contribution in [-0.2, 0) is 7.05 Å². The lowest BCUT2D eigenvalue weighted by atomic mass is 10.1. The van der Waals surface area contributed by atoms with Gasteiger partial charge in [0.2, 0.25) is 0 Å². The number of halogens is 1. The van der Waals surface area contributed by atoms with Gasteiger partial charge in [-0.1, -0.05) is 24.3 Å². The van der Waals surface area contributed by atoms with E-state index in [0.29, 0.717) is 0 Å². The van der Waals surface area contributed by atoms with Crippen LogP contribution in [0.25, 0.3) is 11.3 Å². The van der Waals surface area contributed by atoms with Gasteiger partial charge in [-0.05, 0) is 28.4 Å². The highest BCUT2D eigenvalue weighted by Crippen LogP contribution is 2.28. The summed E-state index contributed by atoms with van der Waals surface area (Å²) in [5.41, 5.74) is 3.61. The van der Waals surface area contributed by atoms with Crippen LogP contribution in [0.3, 0.4) is 0 Å². The Morgan fingerprint density at radius 2 is 2.00 bits per heavy atom. The largest absolute Gasteiger partial charge is 0.333 e. The second-order valence-electron chi connectivity index (χ2n) is 3.31. The standard InChI is InChI=1S/C11H11BrN2/c1-8-5-3-4-6-9(8)10-11(12)13-7-14(10)2/h3-7H,1-2H3. The molecule has 3 heteroatoms. The fourth-order valence-corrected chi connectivity index (χ4v) is 2.13. The smallest absolute Gasteiger partial charge is 0.132 e. The molecule has 0 spiro atoms. The molecule has 0 unspecified atom stereocenters. The quantitative estimate of drug-likeness (QED) is 0.761. The van der Waals surface area contributed by atoms with Crippen molar-refractivity contribution in [3.05, 3.63) is 40.8 Å². The van der Waals surface area contributed by atoms with Crippen LogP contribution in [0.5, 0.6) is 0 Å². The van der Waals surface area contributed by atoms with E-state index in [1.807, 2.05) is 30.1 Å². The van der Waals surface area contributed by atoms with Crippen LogP contribution in [0.15, 0.2) is 35.2 Å². The van der Waals surface area contributed by atoms with E-state index in [1.54, 1.807) is 0 Å². The summed E-state index contributed by atoms with van der Waals surface area (Å²) < 4.78 is 2.92. The molecule has 0 aliphatic rings. The van der Waals surface area contributed by atoms with Crippen molar-refractivity contribution in [3.63, 3.8) is 0 Å². The molecule has 1 aromatic carbocycles. The second-order valence-corrected chi connectivity index (χ2v) is 4.06. The fraction of sp³-hybridized carbons (Fsp3) is 0.182. The molecule has 0 amide bonds. The Labute approximate surface area is 91.7 Å². The summed E-state index contributed by atoms with van der Waals surface area (Å²) in [5, 5.41) is 0.